The van der Waals surface area contributed by atoms with Crippen molar-refractivity contribution in [1.82, 2.24) is 0 Å². The Kier molecular flexibility index (Phi) is 5.20. The van der Waals surface area contributed by atoms with Crippen molar-refractivity contribution in [3.63, 3.8) is 0 Å². The number of hydrogen-bond acceptors (Lipinski definition) is 3. The van der Waals surface area contributed by atoms with Crippen LogP contribution in [0.15, 0.2) is 40.9 Å². The van der Waals surface area contributed by atoms with Gasteiger partial charge < -0.3 is 15.2 Å². The molecule has 0 spiro atoms. The summed E-state index contributed by atoms with van der Waals surface area (Å²) in [6, 6.07) is 10.0. The van der Waals surface area contributed by atoms with Crippen LogP contribution in [0.5, 0.6) is 11.5 Å². The molecule has 2 rings (SSSR count). The van der Waals surface area contributed by atoms with Crippen molar-refractivity contribution in [2.45, 2.75) is 19.6 Å². The van der Waals surface area contributed by atoms with Crippen molar-refractivity contribution < 1.29 is 13.9 Å². The van der Waals surface area contributed by atoms with Gasteiger partial charge in [0, 0.05) is 27.7 Å². The molecule has 0 amide bonds. The fourth-order valence-corrected chi connectivity index (χ4v) is 2.36. The fourth-order valence-electron chi connectivity index (χ4n) is 1.95. The lowest BCUT2D eigenvalue weighted by atomic mass is 10.1. The predicted octanol–water partition coefficient (Wildman–Crippen LogP) is 4.20. The highest BCUT2D eigenvalue weighted by molar-refractivity contribution is 9.10. The van der Waals surface area contributed by atoms with Crippen LogP contribution >= 0.6 is 15.9 Å². The molecule has 0 saturated heterocycles. The van der Waals surface area contributed by atoms with Gasteiger partial charge in [-0.2, -0.15) is 0 Å². The summed E-state index contributed by atoms with van der Waals surface area (Å²) in [6.07, 6.45) is 0. The van der Waals surface area contributed by atoms with E-state index in [4.69, 9.17) is 15.2 Å². The molecule has 2 aromatic rings. The van der Waals surface area contributed by atoms with E-state index in [0.29, 0.717) is 17.1 Å². The monoisotopic (exact) mass is 353 g/mol. The summed E-state index contributed by atoms with van der Waals surface area (Å²) >= 11 is 3.32. The zero-order valence-electron chi connectivity index (χ0n) is 11.9. The average molecular weight is 354 g/mol. The van der Waals surface area contributed by atoms with E-state index >= 15 is 0 Å². The second-order valence-electron chi connectivity index (χ2n) is 4.72. The molecule has 21 heavy (non-hydrogen) atoms. The summed E-state index contributed by atoms with van der Waals surface area (Å²) < 4.78 is 25.5. The minimum absolute atomic E-state index is 0.123. The Morgan fingerprint density at radius 2 is 2.00 bits per heavy atom. The molecule has 0 unspecified atom stereocenters. The van der Waals surface area contributed by atoms with Crippen molar-refractivity contribution in [2.24, 2.45) is 5.73 Å². The van der Waals surface area contributed by atoms with E-state index in [0.717, 1.165) is 10.0 Å². The van der Waals surface area contributed by atoms with Crippen LogP contribution in [-0.2, 0) is 6.61 Å². The normalized spacial score (nSPS) is 12.0. The van der Waals surface area contributed by atoms with E-state index in [1.807, 2.05) is 19.1 Å². The molecule has 3 nitrogen and oxygen atoms in total. The number of rotatable bonds is 5. The van der Waals surface area contributed by atoms with Crippen molar-refractivity contribution >= 4 is 15.9 Å². The third-order valence-corrected chi connectivity index (χ3v) is 3.60. The Morgan fingerprint density at radius 1 is 1.24 bits per heavy atom. The van der Waals surface area contributed by atoms with E-state index in [1.165, 1.54) is 6.07 Å². The first-order valence-electron chi connectivity index (χ1n) is 6.51. The molecule has 0 fully saturated rings. The summed E-state index contributed by atoms with van der Waals surface area (Å²) in [6.45, 7) is 1.99. The van der Waals surface area contributed by atoms with Crippen molar-refractivity contribution in [3.8, 4) is 11.5 Å². The van der Waals surface area contributed by atoms with E-state index in [2.05, 4.69) is 15.9 Å². The first-order valence-corrected chi connectivity index (χ1v) is 7.31. The molecule has 0 saturated carbocycles. The van der Waals surface area contributed by atoms with Crippen LogP contribution in [0.4, 0.5) is 4.39 Å². The highest BCUT2D eigenvalue weighted by Gasteiger charge is 2.11. The van der Waals surface area contributed by atoms with Crippen LogP contribution in [0.25, 0.3) is 0 Å². The van der Waals surface area contributed by atoms with Gasteiger partial charge in [-0.3, -0.25) is 0 Å². The van der Waals surface area contributed by atoms with Crippen LogP contribution in [0.2, 0.25) is 0 Å². The Morgan fingerprint density at radius 3 is 2.67 bits per heavy atom. The molecule has 0 aliphatic carbocycles. The van der Waals surface area contributed by atoms with Gasteiger partial charge in [-0.25, -0.2) is 4.39 Å². The lowest BCUT2D eigenvalue weighted by molar-refractivity contribution is 0.293. The van der Waals surface area contributed by atoms with Gasteiger partial charge in [0.2, 0.25) is 0 Å². The number of benzene rings is 2. The summed E-state index contributed by atoms with van der Waals surface area (Å²) in [7, 11) is 1.58. The number of methoxy groups -OCH3 is 1. The second kappa shape index (κ2) is 6.91. The molecule has 0 heterocycles. The lowest BCUT2D eigenvalue weighted by Crippen LogP contribution is -2.08. The molecule has 0 aliphatic rings. The van der Waals surface area contributed by atoms with Gasteiger partial charge in [-0.05, 0) is 31.2 Å². The fraction of sp³-hybridized carbons (Fsp3) is 0.250. The zero-order chi connectivity index (χ0) is 15.4. The second-order valence-corrected chi connectivity index (χ2v) is 5.63. The molecule has 2 aromatic carbocycles. The van der Waals surface area contributed by atoms with Crippen LogP contribution in [0.3, 0.4) is 0 Å². The standard InChI is InChI=1S/C16H17BrFNO2/c1-10(19)14-5-4-13(20-2)8-16(14)21-9-11-7-12(17)3-6-15(11)18/h3-8,10H,9,19H2,1-2H3/t10-/m1/s1. The Labute approximate surface area is 132 Å². The quantitative estimate of drug-likeness (QED) is 0.876. The van der Waals surface area contributed by atoms with Crippen molar-refractivity contribution in [1.29, 1.82) is 0 Å². The van der Waals surface area contributed by atoms with Gasteiger partial charge in [-0.1, -0.05) is 22.0 Å². The molecule has 2 N–H and O–H groups in total. The minimum atomic E-state index is -0.302. The van der Waals surface area contributed by atoms with E-state index in [9.17, 15) is 4.39 Å². The van der Waals surface area contributed by atoms with Crippen LogP contribution < -0.4 is 15.2 Å². The van der Waals surface area contributed by atoms with Crippen LogP contribution in [-0.4, -0.2) is 7.11 Å². The van der Waals surface area contributed by atoms with Gasteiger partial charge in [0.25, 0.3) is 0 Å². The number of halogens is 2. The lowest BCUT2D eigenvalue weighted by Gasteiger charge is -2.15. The van der Waals surface area contributed by atoms with E-state index < -0.39 is 0 Å². The maximum absolute atomic E-state index is 13.7. The smallest absolute Gasteiger partial charge is 0.129 e. The third-order valence-electron chi connectivity index (χ3n) is 3.10. The molecule has 0 aliphatic heterocycles. The molecule has 0 radical (unpaired) electrons. The molecule has 5 heteroatoms. The average Bonchev–Trinajstić information content (AvgIpc) is 2.47. The summed E-state index contributed by atoms with van der Waals surface area (Å²) in [5.41, 5.74) is 7.25. The molecular weight excluding hydrogens is 337 g/mol. The number of nitrogens with two attached hydrogens (primary N) is 1. The van der Waals surface area contributed by atoms with E-state index in [-0.39, 0.29) is 18.5 Å². The third kappa shape index (κ3) is 3.95. The largest absolute Gasteiger partial charge is 0.497 e. The Hall–Kier alpha value is -1.59. The maximum Gasteiger partial charge on any atom is 0.129 e. The number of hydrogen-bond donors (Lipinski definition) is 1. The van der Waals surface area contributed by atoms with E-state index in [1.54, 1.807) is 25.3 Å². The van der Waals surface area contributed by atoms with Crippen molar-refractivity contribution in [2.75, 3.05) is 7.11 Å². The summed E-state index contributed by atoms with van der Waals surface area (Å²) in [4.78, 5) is 0. The van der Waals surface area contributed by atoms with Gasteiger partial charge >= 0.3 is 0 Å². The zero-order valence-corrected chi connectivity index (χ0v) is 13.5. The maximum atomic E-state index is 13.7. The van der Waals surface area contributed by atoms with Crippen molar-refractivity contribution in [3.05, 3.63) is 57.8 Å². The number of ether oxygens (including phenoxy) is 2. The van der Waals surface area contributed by atoms with Crippen LogP contribution in [0, 0.1) is 5.82 Å². The Balaban J connectivity index is 2.24. The molecule has 1 atom stereocenters. The SMILES string of the molecule is COc1ccc([C@@H](C)N)c(OCc2cc(Br)ccc2F)c1. The predicted molar refractivity (Wildman–Crippen MR) is 84.0 cm³/mol. The first-order chi connectivity index (χ1) is 10.0. The minimum Gasteiger partial charge on any atom is -0.497 e. The highest BCUT2D eigenvalue weighted by Crippen LogP contribution is 2.29. The highest BCUT2D eigenvalue weighted by atomic mass is 79.9. The molecule has 112 valence electrons. The Bertz CT molecular complexity index is 632. The molecular formula is C16H17BrFNO2. The van der Waals surface area contributed by atoms with Crippen LogP contribution in [0.1, 0.15) is 24.1 Å². The van der Waals surface area contributed by atoms with Gasteiger partial charge in [0.1, 0.15) is 23.9 Å². The van der Waals surface area contributed by atoms with Gasteiger partial charge in [0.15, 0.2) is 0 Å². The first kappa shape index (κ1) is 15.8. The molecule has 0 bridgehead atoms. The molecule has 0 aromatic heterocycles. The topological polar surface area (TPSA) is 44.5 Å². The summed E-state index contributed by atoms with van der Waals surface area (Å²) in [5.74, 6) is 0.969. The summed E-state index contributed by atoms with van der Waals surface area (Å²) in [5, 5.41) is 0. The van der Waals surface area contributed by atoms with Gasteiger partial charge in [0.05, 0.1) is 7.11 Å². The van der Waals surface area contributed by atoms with Gasteiger partial charge in [-0.15, -0.1) is 0 Å².